The fourth-order valence-corrected chi connectivity index (χ4v) is 4.61. The summed E-state index contributed by atoms with van der Waals surface area (Å²) >= 11 is 0. The predicted octanol–water partition coefficient (Wildman–Crippen LogP) is 5.26. The summed E-state index contributed by atoms with van der Waals surface area (Å²) < 4.78 is 12.6. The highest BCUT2D eigenvalue weighted by Gasteiger charge is 2.23. The Labute approximate surface area is 182 Å². The van der Waals surface area contributed by atoms with E-state index in [1.165, 1.54) is 21.8 Å². The van der Waals surface area contributed by atoms with Crippen LogP contribution < -0.4 is 0 Å². The molecule has 0 spiro atoms. The number of hydrogen-bond acceptors (Lipinski definition) is 4. The van der Waals surface area contributed by atoms with Gasteiger partial charge in [-0.3, -0.25) is 0 Å². The molecule has 3 aromatic rings. The molecule has 0 bridgehead atoms. The molecule has 0 aliphatic heterocycles. The van der Waals surface area contributed by atoms with E-state index in [1.807, 2.05) is 0 Å². The molecule has 0 saturated heterocycles. The molecule has 1 aliphatic carbocycles. The van der Waals surface area contributed by atoms with Gasteiger partial charge in [-0.15, -0.1) is 0 Å². The Bertz CT molecular complexity index is 1040. The number of carbonyl (C=O) groups is 2. The van der Waals surface area contributed by atoms with Gasteiger partial charge in [-0.1, -0.05) is 36.4 Å². The summed E-state index contributed by atoms with van der Waals surface area (Å²) in [5.74, 6) is -0.00491. The van der Waals surface area contributed by atoms with Crippen molar-refractivity contribution >= 4 is 33.7 Å². The van der Waals surface area contributed by atoms with E-state index >= 15 is 0 Å². The molecule has 0 atom stereocenters. The van der Waals surface area contributed by atoms with Crippen LogP contribution in [-0.4, -0.2) is 29.7 Å². The lowest BCUT2D eigenvalue weighted by Crippen LogP contribution is -2.22. The lowest BCUT2D eigenvalue weighted by atomic mass is 9.82. The van der Waals surface area contributed by atoms with Crippen LogP contribution in [-0.2, 0) is 25.6 Å². The smallest absolute Gasteiger partial charge is 0.331 e. The maximum atomic E-state index is 11.8. The van der Waals surface area contributed by atoms with Crippen LogP contribution in [0.2, 0.25) is 0 Å². The van der Waals surface area contributed by atoms with Gasteiger partial charge in [0, 0.05) is 40.5 Å². The first kappa shape index (κ1) is 21.2. The van der Waals surface area contributed by atoms with E-state index in [9.17, 15) is 9.59 Å². The van der Waals surface area contributed by atoms with Crippen LogP contribution in [0.1, 0.15) is 32.6 Å². The standard InChI is InChI=1S/C26H29NO4/c1-2-30-25(28)15-16-26(29)31-18-20-13-11-19(12-14-20)17-27-23-9-5-3-7-21(23)22-8-4-6-10-24(22)27/h3-10,15-16,19-20H,2,11-14,17-18H2,1H3/b16-15+. The molecule has 1 aromatic heterocycles. The largest absolute Gasteiger partial charge is 0.463 e. The molecule has 0 unspecified atom stereocenters. The fraction of sp³-hybridized carbons (Fsp3) is 0.385. The average Bonchev–Trinajstić information content (AvgIpc) is 3.11. The maximum Gasteiger partial charge on any atom is 0.331 e. The summed E-state index contributed by atoms with van der Waals surface area (Å²) in [5.41, 5.74) is 2.60. The molecule has 0 amide bonds. The molecule has 5 heteroatoms. The van der Waals surface area contributed by atoms with Gasteiger partial charge in [-0.25, -0.2) is 9.59 Å². The Kier molecular flexibility index (Phi) is 6.70. The Hall–Kier alpha value is -3.08. The van der Waals surface area contributed by atoms with Crippen molar-refractivity contribution in [3.63, 3.8) is 0 Å². The van der Waals surface area contributed by atoms with Crippen molar-refractivity contribution in [2.75, 3.05) is 13.2 Å². The number of fused-ring (bicyclic) bond motifs is 3. The fourth-order valence-electron chi connectivity index (χ4n) is 4.61. The third-order valence-corrected chi connectivity index (χ3v) is 6.19. The molecule has 1 fully saturated rings. The molecular weight excluding hydrogens is 390 g/mol. The Balaban J connectivity index is 1.32. The highest BCUT2D eigenvalue weighted by atomic mass is 16.5. The lowest BCUT2D eigenvalue weighted by Gasteiger charge is -2.28. The molecule has 0 N–H and O–H groups in total. The van der Waals surface area contributed by atoms with E-state index in [1.54, 1.807) is 6.92 Å². The Morgan fingerprint density at radius 3 is 1.94 bits per heavy atom. The van der Waals surface area contributed by atoms with E-state index in [0.717, 1.165) is 44.4 Å². The number of hydrogen-bond donors (Lipinski definition) is 0. The first-order valence-electron chi connectivity index (χ1n) is 11.1. The number of aromatic nitrogens is 1. The normalized spacial score (nSPS) is 19.1. The van der Waals surface area contributed by atoms with Gasteiger partial charge < -0.3 is 14.0 Å². The van der Waals surface area contributed by atoms with E-state index in [4.69, 9.17) is 9.47 Å². The second-order valence-electron chi connectivity index (χ2n) is 8.25. The zero-order valence-corrected chi connectivity index (χ0v) is 18.0. The van der Waals surface area contributed by atoms with Crippen molar-refractivity contribution in [3.05, 3.63) is 60.7 Å². The van der Waals surface area contributed by atoms with Crippen LogP contribution in [0.5, 0.6) is 0 Å². The molecule has 1 saturated carbocycles. The van der Waals surface area contributed by atoms with E-state index in [0.29, 0.717) is 18.4 Å². The van der Waals surface area contributed by atoms with Crippen LogP contribution >= 0.6 is 0 Å². The zero-order valence-electron chi connectivity index (χ0n) is 18.0. The third-order valence-electron chi connectivity index (χ3n) is 6.19. The van der Waals surface area contributed by atoms with Crippen LogP contribution in [0.4, 0.5) is 0 Å². The maximum absolute atomic E-state index is 11.8. The SMILES string of the molecule is CCOC(=O)/C=C/C(=O)OCC1CCC(Cn2c3ccccc3c3ccccc32)CC1. The zero-order chi connectivity index (χ0) is 21.6. The number of rotatable bonds is 7. The summed E-state index contributed by atoms with van der Waals surface area (Å²) in [7, 11) is 0. The number of ether oxygens (including phenoxy) is 2. The summed E-state index contributed by atoms with van der Waals surface area (Å²) in [6, 6.07) is 17.3. The molecule has 162 valence electrons. The summed E-state index contributed by atoms with van der Waals surface area (Å²) in [6.07, 6.45) is 6.62. The minimum absolute atomic E-state index is 0.288. The van der Waals surface area contributed by atoms with Crippen LogP contribution in [0, 0.1) is 11.8 Å². The quantitative estimate of drug-likeness (QED) is 0.387. The van der Waals surface area contributed by atoms with Gasteiger partial charge in [-0.2, -0.15) is 0 Å². The van der Waals surface area contributed by atoms with Crippen LogP contribution in [0.25, 0.3) is 21.8 Å². The molecule has 2 aromatic carbocycles. The van der Waals surface area contributed by atoms with E-state index in [-0.39, 0.29) is 6.61 Å². The van der Waals surface area contributed by atoms with Crippen molar-refractivity contribution in [2.45, 2.75) is 39.2 Å². The van der Waals surface area contributed by atoms with Gasteiger partial charge in [0.1, 0.15) is 0 Å². The van der Waals surface area contributed by atoms with Gasteiger partial charge in [0.25, 0.3) is 0 Å². The third kappa shape index (κ3) is 4.98. The summed E-state index contributed by atoms with van der Waals surface area (Å²) in [4.78, 5) is 23.1. The number of benzene rings is 2. The minimum Gasteiger partial charge on any atom is -0.463 e. The van der Waals surface area contributed by atoms with E-state index in [2.05, 4.69) is 53.1 Å². The lowest BCUT2D eigenvalue weighted by molar-refractivity contribution is -0.141. The van der Waals surface area contributed by atoms with Gasteiger partial charge >= 0.3 is 11.9 Å². The highest BCUT2D eigenvalue weighted by molar-refractivity contribution is 6.07. The van der Waals surface area contributed by atoms with Crippen molar-refractivity contribution in [1.29, 1.82) is 0 Å². The number of nitrogens with zero attached hydrogens (tertiary/aromatic N) is 1. The monoisotopic (exact) mass is 419 g/mol. The van der Waals surface area contributed by atoms with Crippen molar-refractivity contribution in [3.8, 4) is 0 Å². The van der Waals surface area contributed by atoms with Gasteiger partial charge in [0.05, 0.1) is 13.2 Å². The number of para-hydroxylation sites is 2. The van der Waals surface area contributed by atoms with Crippen LogP contribution in [0.3, 0.4) is 0 Å². The van der Waals surface area contributed by atoms with Crippen molar-refractivity contribution in [1.82, 2.24) is 4.57 Å². The predicted molar refractivity (Wildman–Crippen MR) is 122 cm³/mol. The second-order valence-corrected chi connectivity index (χ2v) is 8.25. The molecule has 1 aliphatic rings. The molecule has 31 heavy (non-hydrogen) atoms. The molecule has 4 rings (SSSR count). The molecule has 5 nitrogen and oxygen atoms in total. The first-order valence-corrected chi connectivity index (χ1v) is 11.1. The Morgan fingerprint density at radius 2 is 1.35 bits per heavy atom. The Morgan fingerprint density at radius 1 is 0.839 bits per heavy atom. The summed E-state index contributed by atoms with van der Waals surface area (Å²) in [5, 5.41) is 2.63. The topological polar surface area (TPSA) is 57.5 Å². The molecular formula is C26H29NO4. The van der Waals surface area contributed by atoms with Gasteiger partial charge in [0.15, 0.2) is 0 Å². The highest BCUT2D eigenvalue weighted by Crippen LogP contribution is 2.34. The van der Waals surface area contributed by atoms with Crippen LogP contribution in [0.15, 0.2) is 60.7 Å². The summed E-state index contributed by atoms with van der Waals surface area (Å²) in [6.45, 7) is 3.44. The van der Waals surface area contributed by atoms with Gasteiger partial charge in [-0.05, 0) is 56.6 Å². The second kappa shape index (κ2) is 9.82. The minimum atomic E-state index is -0.523. The molecule has 0 radical (unpaired) electrons. The van der Waals surface area contributed by atoms with Gasteiger partial charge in [0.2, 0.25) is 0 Å². The molecule has 1 heterocycles. The first-order chi connectivity index (χ1) is 15.2. The average molecular weight is 420 g/mol. The van der Waals surface area contributed by atoms with Crippen molar-refractivity contribution in [2.24, 2.45) is 11.8 Å². The van der Waals surface area contributed by atoms with Crippen molar-refractivity contribution < 1.29 is 19.1 Å². The number of carbonyl (C=O) groups excluding carboxylic acids is 2. The number of esters is 2. The van der Waals surface area contributed by atoms with E-state index < -0.39 is 11.9 Å².